The number of rotatable bonds is 5. The summed E-state index contributed by atoms with van der Waals surface area (Å²) in [6.45, 7) is 2.49. The number of hydrogen-bond acceptors (Lipinski definition) is 4. The molecular formula is C14H23N5O. The molecule has 3 rings (SSSR count). The number of aromatic nitrogens is 3. The Morgan fingerprint density at radius 3 is 3.00 bits per heavy atom. The molecule has 1 aliphatic carbocycles. The van der Waals surface area contributed by atoms with E-state index in [1.165, 1.54) is 12.8 Å². The molecule has 1 aliphatic heterocycles. The fraction of sp³-hybridized carbons (Fsp3) is 0.786. The zero-order valence-corrected chi connectivity index (χ0v) is 12.1. The molecule has 1 amide bonds. The molecule has 1 saturated carbocycles. The van der Waals surface area contributed by atoms with Crippen LogP contribution in [0.4, 0.5) is 0 Å². The first-order valence-electron chi connectivity index (χ1n) is 7.59. The van der Waals surface area contributed by atoms with Gasteiger partial charge in [0.1, 0.15) is 12.2 Å². The van der Waals surface area contributed by atoms with Crippen LogP contribution in [0.5, 0.6) is 0 Å². The van der Waals surface area contributed by atoms with Gasteiger partial charge in [0.15, 0.2) is 0 Å². The molecule has 1 aromatic heterocycles. The molecule has 0 bridgehead atoms. The summed E-state index contributed by atoms with van der Waals surface area (Å²) in [6, 6.07) is 0.676. The van der Waals surface area contributed by atoms with Crippen molar-refractivity contribution in [2.75, 3.05) is 19.6 Å². The molecule has 6 nitrogen and oxygen atoms in total. The van der Waals surface area contributed by atoms with Crippen molar-refractivity contribution < 1.29 is 4.79 Å². The first-order chi connectivity index (χ1) is 9.74. The fourth-order valence-electron chi connectivity index (χ4n) is 2.90. The number of hydrogen-bond donors (Lipinski definition) is 1. The summed E-state index contributed by atoms with van der Waals surface area (Å²) in [6.07, 6.45) is 7.03. The van der Waals surface area contributed by atoms with E-state index in [0.717, 1.165) is 38.3 Å². The Morgan fingerprint density at radius 2 is 2.30 bits per heavy atom. The van der Waals surface area contributed by atoms with Gasteiger partial charge in [0.2, 0.25) is 5.91 Å². The minimum Gasteiger partial charge on any atom is -0.342 e. The molecule has 2 fully saturated rings. The number of carbonyl (C=O) groups is 1. The molecule has 1 N–H and O–H groups in total. The summed E-state index contributed by atoms with van der Waals surface area (Å²) in [5.41, 5.74) is 0. The quantitative estimate of drug-likeness (QED) is 0.859. The maximum Gasteiger partial charge on any atom is 0.223 e. The van der Waals surface area contributed by atoms with Gasteiger partial charge in [-0.25, -0.2) is 0 Å². The highest BCUT2D eigenvalue weighted by Gasteiger charge is 2.27. The van der Waals surface area contributed by atoms with Crippen molar-refractivity contribution in [3.63, 3.8) is 0 Å². The highest BCUT2D eigenvalue weighted by molar-refractivity contribution is 5.76. The lowest BCUT2D eigenvalue weighted by molar-refractivity contribution is -0.132. The normalized spacial score (nSPS) is 23.1. The number of piperidine rings is 1. The monoisotopic (exact) mass is 277 g/mol. The predicted molar refractivity (Wildman–Crippen MR) is 75.2 cm³/mol. The zero-order valence-electron chi connectivity index (χ0n) is 12.1. The van der Waals surface area contributed by atoms with E-state index in [1.807, 2.05) is 16.5 Å². The fourth-order valence-corrected chi connectivity index (χ4v) is 2.90. The van der Waals surface area contributed by atoms with Crippen molar-refractivity contribution in [2.24, 2.45) is 7.05 Å². The van der Waals surface area contributed by atoms with Crippen molar-refractivity contribution in [1.82, 2.24) is 25.0 Å². The number of amides is 1. The Morgan fingerprint density at radius 1 is 1.45 bits per heavy atom. The second kappa shape index (κ2) is 5.91. The standard InChI is InChI=1S/C14H23N5O/c1-18-10-16-17-14(18)11-3-2-8-19(9-11)13(20)6-7-15-12-4-5-12/h10-12,15H,2-9H2,1H3. The molecule has 6 heteroatoms. The Hall–Kier alpha value is -1.43. The highest BCUT2D eigenvalue weighted by atomic mass is 16.2. The van der Waals surface area contributed by atoms with Crippen LogP contribution in [0.1, 0.15) is 43.8 Å². The minimum absolute atomic E-state index is 0.269. The van der Waals surface area contributed by atoms with E-state index in [0.29, 0.717) is 18.4 Å². The van der Waals surface area contributed by atoms with Crippen LogP contribution in [0.3, 0.4) is 0 Å². The first kappa shape index (κ1) is 13.5. The summed E-state index contributed by atoms with van der Waals surface area (Å²) in [5, 5.41) is 11.5. The summed E-state index contributed by atoms with van der Waals surface area (Å²) >= 11 is 0. The summed E-state index contributed by atoms with van der Waals surface area (Å²) in [7, 11) is 1.97. The molecule has 1 unspecified atom stereocenters. The molecule has 0 spiro atoms. The number of nitrogens with one attached hydrogen (secondary N) is 1. The van der Waals surface area contributed by atoms with Crippen LogP contribution in [-0.2, 0) is 11.8 Å². The number of carbonyl (C=O) groups excluding carboxylic acids is 1. The number of aryl methyl sites for hydroxylation is 1. The molecule has 1 atom stereocenters. The molecule has 2 aliphatic rings. The maximum atomic E-state index is 12.2. The van der Waals surface area contributed by atoms with Gasteiger partial charge >= 0.3 is 0 Å². The average Bonchev–Trinajstić information content (AvgIpc) is 3.18. The maximum absolute atomic E-state index is 12.2. The van der Waals surface area contributed by atoms with Gasteiger partial charge in [-0.05, 0) is 25.7 Å². The van der Waals surface area contributed by atoms with Gasteiger partial charge in [-0.3, -0.25) is 4.79 Å². The third kappa shape index (κ3) is 3.17. The third-order valence-electron chi connectivity index (χ3n) is 4.23. The molecule has 1 aromatic rings. The van der Waals surface area contributed by atoms with Crippen LogP contribution in [0.15, 0.2) is 6.33 Å². The van der Waals surface area contributed by atoms with Gasteiger partial charge in [0.05, 0.1) is 0 Å². The van der Waals surface area contributed by atoms with Crippen molar-refractivity contribution in [2.45, 2.75) is 44.1 Å². The van der Waals surface area contributed by atoms with E-state index >= 15 is 0 Å². The summed E-state index contributed by atoms with van der Waals surface area (Å²) in [5.74, 6) is 1.60. The van der Waals surface area contributed by atoms with Crippen LogP contribution >= 0.6 is 0 Å². The van der Waals surface area contributed by atoms with E-state index in [-0.39, 0.29) is 5.91 Å². The van der Waals surface area contributed by atoms with E-state index in [4.69, 9.17) is 0 Å². The van der Waals surface area contributed by atoms with E-state index in [9.17, 15) is 4.79 Å². The van der Waals surface area contributed by atoms with Crippen molar-refractivity contribution in [3.05, 3.63) is 12.2 Å². The predicted octanol–water partition coefficient (Wildman–Crippen LogP) is 0.663. The summed E-state index contributed by atoms with van der Waals surface area (Å²) < 4.78 is 1.97. The van der Waals surface area contributed by atoms with Gasteiger partial charge in [0, 0.05) is 45.1 Å². The molecule has 0 radical (unpaired) electrons. The van der Waals surface area contributed by atoms with Crippen LogP contribution in [0.25, 0.3) is 0 Å². The first-order valence-corrected chi connectivity index (χ1v) is 7.59. The molecule has 110 valence electrons. The second-order valence-electron chi connectivity index (χ2n) is 5.96. The Bertz CT molecular complexity index is 468. The molecular weight excluding hydrogens is 254 g/mol. The second-order valence-corrected chi connectivity index (χ2v) is 5.96. The van der Waals surface area contributed by atoms with Gasteiger partial charge in [-0.2, -0.15) is 0 Å². The smallest absolute Gasteiger partial charge is 0.223 e. The molecule has 2 heterocycles. The highest BCUT2D eigenvalue weighted by Crippen LogP contribution is 2.25. The van der Waals surface area contributed by atoms with E-state index in [2.05, 4.69) is 15.5 Å². The van der Waals surface area contributed by atoms with E-state index < -0.39 is 0 Å². The van der Waals surface area contributed by atoms with E-state index in [1.54, 1.807) is 6.33 Å². The van der Waals surface area contributed by atoms with Crippen LogP contribution in [0, 0.1) is 0 Å². The summed E-state index contributed by atoms with van der Waals surface area (Å²) in [4.78, 5) is 14.2. The minimum atomic E-state index is 0.269. The topological polar surface area (TPSA) is 63.1 Å². The number of nitrogens with zero attached hydrogens (tertiary/aromatic N) is 4. The SMILES string of the molecule is Cn1cnnc1C1CCCN(C(=O)CCNC2CC2)C1. The Labute approximate surface area is 119 Å². The Kier molecular flexibility index (Phi) is 4.00. The van der Waals surface area contributed by atoms with Crippen molar-refractivity contribution >= 4 is 5.91 Å². The molecule has 1 saturated heterocycles. The molecule has 0 aromatic carbocycles. The lowest BCUT2D eigenvalue weighted by Gasteiger charge is -2.32. The van der Waals surface area contributed by atoms with Crippen LogP contribution in [0.2, 0.25) is 0 Å². The lowest BCUT2D eigenvalue weighted by atomic mass is 9.97. The van der Waals surface area contributed by atoms with Gasteiger partial charge in [0.25, 0.3) is 0 Å². The van der Waals surface area contributed by atoms with Gasteiger partial charge < -0.3 is 14.8 Å². The Balaban J connectivity index is 1.51. The third-order valence-corrected chi connectivity index (χ3v) is 4.23. The van der Waals surface area contributed by atoms with Crippen molar-refractivity contribution in [3.8, 4) is 0 Å². The van der Waals surface area contributed by atoms with Crippen LogP contribution in [-0.4, -0.2) is 51.2 Å². The molecule has 20 heavy (non-hydrogen) atoms. The van der Waals surface area contributed by atoms with Crippen LogP contribution < -0.4 is 5.32 Å². The van der Waals surface area contributed by atoms with Crippen molar-refractivity contribution in [1.29, 1.82) is 0 Å². The zero-order chi connectivity index (χ0) is 13.9. The largest absolute Gasteiger partial charge is 0.342 e. The average molecular weight is 277 g/mol. The van der Waals surface area contributed by atoms with Gasteiger partial charge in [-0.1, -0.05) is 0 Å². The lowest BCUT2D eigenvalue weighted by Crippen LogP contribution is -2.40. The van der Waals surface area contributed by atoms with Gasteiger partial charge in [-0.15, -0.1) is 10.2 Å². The number of likely N-dealkylation sites (tertiary alicyclic amines) is 1.